The molecule has 8 nitrogen and oxygen atoms in total. The van der Waals surface area contributed by atoms with Gasteiger partial charge < -0.3 is 9.80 Å². The van der Waals surface area contributed by atoms with Gasteiger partial charge in [-0.15, -0.1) is 5.10 Å². The number of hydrogen-bond donors (Lipinski definition) is 0. The van der Waals surface area contributed by atoms with E-state index in [1.54, 1.807) is 23.5 Å². The predicted molar refractivity (Wildman–Crippen MR) is 134 cm³/mol. The lowest BCUT2D eigenvalue weighted by atomic mass is 10.0. The van der Waals surface area contributed by atoms with Crippen molar-refractivity contribution in [2.24, 2.45) is 0 Å². The molecule has 3 aromatic heterocycles. The molecule has 2 aliphatic heterocycles. The number of likely N-dealkylation sites (tertiary alicyclic amines) is 1. The molecule has 10 heteroatoms. The maximum atomic E-state index is 14.6. The maximum absolute atomic E-state index is 14.6. The Labute approximate surface area is 212 Å². The number of nitrogens with zero attached hydrogens (tertiary/aromatic N) is 6. The fourth-order valence-electron chi connectivity index (χ4n) is 5.25. The molecule has 0 bridgehead atoms. The van der Waals surface area contributed by atoms with Gasteiger partial charge in [-0.25, -0.2) is 18.6 Å². The molecule has 2 fully saturated rings. The molecule has 0 aliphatic carbocycles. The van der Waals surface area contributed by atoms with Crippen molar-refractivity contribution in [2.75, 3.05) is 24.5 Å². The standard InChI is InChI=1S/C27H26F2N6O2/c28-19-6-7-22(29)21(15-19)24-5-4-14-34(24)25-9-8-23-26(32-25)20(10-11-30-23)18-16-31-35(17-18)37-27(36)33-12-2-1-3-13-33/h6-11,15-17,24H,1-5,12-14H2/t24-/m1/s1. The van der Waals surface area contributed by atoms with Gasteiger partial charge >= 0.3 is 6.09 Å². The minimum Gasteiger partial charge on any atom is -0.349 e. The summed E-state index contributed by atoms with van der Waals surface area (Å²) >= 11 is 0. The second-order valence-corrected chi connectivity index (χ2v) is 9.45. The Morgan fingerprint density at radius 1 is 1.00 bits per heavy atom. The van der Waals surface area contributed by atoms with E-state index < -0.39 is 17.7 Å². The minimum atomic E-state index is -0.459. The lowest BCUT2D eigenvalue weighted by Crippen LogP contribution is -2.40. The van der Waals surface area contributed by atoms with Crippen molar-refractivity contribution >= 4 is 22.9 Å². The summed E-state index contributed by atoms with van der Waals surface area (Å²) < 4.78 is 28.5. The van der Waals surface area contributed by atoms with E-state index in [9.17, 15) is 13.6 Å². The van der Waals surface area contributed by atoms with Gasteiger partial charge in [0, 0.05) is 42.5 Å². The van der Waals surface area contributed by atoms with E-state index >= 15 is 0 Å². The molecule has 5 heterocycles. The normalized spacial score (nSPS) is 17.9. The zero-order valence-electron chi connectivity index (χ0n) is 20.2. The average molecular weight is 505 g/mol. The van der Waals surface area contributed by atoms with Crippen LogP contribution in [0.4, 0.5) is 19.4 Å². The van der Waals surface area contributed by atoms with E-state index in [0.717, 1.165) is 42.9 Å². The van der Waals surface area contributed by atoms with Crippen LogP contribution in [0.15, 0.2) is 55.0 Å². The van der Waals surface area contributed by atoms with Gasteiger partial charge in [0.1, 0.15) is 17.5 Å². The molecule has 0 unspecified atom stereocenters. The van der Waals surface area contributed by atoms with Crippen molar-refractivity contribution in [3.63, 3.8) is 0 Å². The highest BCUT2D eigenvalue weighted by atomic mass is 19.1. The first-order chi connectivity index (χ1) is 18.1. The number of rotatable bonds is 4. The molecule has 2 aliphatic rings. The summed E-state index contributed by atoms with van der Waals surface area (Å²) in [7, 11) is 0. The van der Waals surface area contributed by atoms with Gasteiger partial charge in [-0.3, -0.25) is 9.82 Å². The molecule has 0 saturated carbocycles. The molecular formula is C27H26F2N6O2. The van der Waals surface area contributed by atoms with Crippen LogP contribution in [0.25, 0.3) is 22.2 Å². The Morgan fingerprint density at radius 3 is 2.73 bits per heavy atom. The van der Waals surface area contributed by atoms with Gasteiger partial charge in [0.05, 0.1) is 29.5 Å². The van der Waals surface area contributed by atoms with E-state index in [-0.39, 0.29) is 6.04 Å². The Kier molecular flexibility index (Phi) is 6.15. The van der Waals surface area contributed by atoms with Gasteiger partial charge in [0.25, 0.3) is 0 Å². The first-order valence-electron chi connectivity index (χ1n) is 12.6. The summed E-state index contributed by atoms with van der Waals surface area (Å²) in [5, 5.41) is 4.21. The highest BCUT2D eigenvalue weighted by Crippen LogP contribution is 2.38. The van der Waals surface area contributed by atoms with E-state index in [0.29, 0.717) is 48.5 Å². The Morgan fingerprint density at radius 2 is 1.86 bits per heavy atom. The number of carbonyl (C=O) groups excluding carboxylic acids is 1. The third kappa shape index (κ3) is 4.59. The molecule has 0 N–H and O–H groups in total. The zero-order chi connectivity index (χ0) is 25.4. The summed E-state index contributed by atoms with van der Waals surface area (Å²) in [5.41, 5.74) is 3.17. The molecule has 0 spiro atoms. The zero-order valence-corrected chi connectivity index (χ0v) is 20.2. The largest absolute Gasteiger partial charge is 0.435 e. The highest BCUT2D eigenvalue weighted by molar-refractivity contribution is 5.91. The van der Waals surface area contributed by atoms with Crippen molar-refractivity contribution in [3.8, 4) is 11.1 Å². The molecule has 1 atom stereocenters. The topological polar surface area (TPSA) is 76.4 Å². The van der Waals surface area contributed by atoms with Crippen molar-refractivity contribution in [3.05, 3.63) is 72.2 Å². The number of aromatic nitrogens is 4. The van der Waals surface area contributed by atoms with Crippen molar-refractivity contribution < 1.29 is 18.4 Å². The second-order valence-electron chi connectivity index (χ2n) is 9.45. The molecule has 1 amide bonds. The Balaban J connectivity index is 1.30. The Bertz CT molecular complexity index is 1450. The monoisotopic (exact) mass is 504 g/mol. The van der Waals surface area contributed by atoms with Crippen molar-refractivity contribution in [2.45, 2.75) is 38.1 Å². The number of carbonyl (C=O) groups is 1. The molecule has 4 aromatic rings. The van der Waals surface area contributed by atoms with Crippen LogP contribution in [-0.4, -0.2) is 50.5 Å². The minimum absolute atomic E-state index is 0.308. The van der Waals surface area contributed by atoms with Crippen LogP contribution in [0, 0.1) is 11.6 Å². The van der Waals surface area contributed by atoms with Crippen LogP contribution >= 0.6 is 0 Å². The Hall–Kier alpha value is -4.08. The van der Waals surface area contributed by atoms with Crippen LogP contribution in [0.5, 0.6) is 0 Å². The maximum Gasteiger partial charge on any atom is 0.435 e. The van der Waals surface area contributed by atoms with Gasteiger partial charge in [0.15, 0.2) is 0 Å². The number of halogens is 2. The molecule has 190 valence electrons. The lowest BCUT2D eigenvalue weighted by molar-refractivity contribution is 0.0731. The third-order valence-electron chi connectivity index (χ3n) is 7.09. The molecule has 1 aromatic carbocycles. The highest BCUT2D eigenvalue weighted by Gasteiger charge is 2.30. The van der Waals surface area contributed by atoms with Crippen molar-refractivity contribution in [1.29, 1.82) is 0 Å². The van der Waals surface area contributed by atoms with Gasteiger partial charge in [-0.05, 0) is 68.5 Å². The van der Waals surface area contributed by atoms with E-state index in [1.807, 2.05) is 23.1 Å². The summed E-state index contributed by atoms with van der Waals surface area (Å²) in [4.78, 5) is 32.1. The van der Waals surface area contributed by atoms with Gasteiger partial charge in [0.2, 0.25) is 0 Å². The molecule has 37 heavy (non-hydrogen) atoms. The number of hydrogen-bond acceptors (Lipinski definition) is 6. The number of benzene rings is 1. The average Bonchev–Trinajstić information content (AvgIpc) is 3.60. The number of anilines is 1. The second kappa shape index (κ2) is 9.76. The summed E-state index contributed by atoms with van der Waals surface area (Å²) in [6, 6.07) is 8.84. The fourth-order valence-corrected chi connectivity index (χ4v) is 5.25. The first kappa shape index (κ1) is 23.3. The van der Waals surface area contributed by atoms with E-state index in [4.69, 9.17) is 9.82 Å². The summed E-state index contributed by atoms with van der Waals surface area (Å²) in [6.45, 7) is 2.05. The number of fused-ring (bicyclic) bond motifs is 1. The van der Waals surface area contributed by atoms with Crippen LogP contribution in [0.2, 0.25) is 0 Å². The van der Waals surface area contributed by atoms with Crippen LogP contribution in [-0.2, 0) is 0 Å². The van der Waals surface area contributed by atoms with Crippen LogP contribution in [0.1, 0.15) is 43.7 Å². The summed E-state index contributed by atoms with van der Waals surface area (Å²) in [6.07, 6.45) is 9.15. The van der Waals surface area contributed by atoms with Crippen LogP contribution < -0.4 is 9.74 Å². The molecule has 6 rings (SSSR count). The van der Waals surface area contributed by atoms with E-state index in [1.165, 1.54) is 17.0 Å². The molecule has 0 radical (unpaired) electrons. The quantitative estimate of drug-likeness (QED) is 0.383. The molecular weight excluding hydrogens is 478 g/mol. The smallest absolute Gasteiger partial charge is 0.349 e. The van der Waals surface area contributed by atoms with E-state index in [2.05, 4.69) is 10.1 Å². The summed E-state index contributed by atoms with van der Waals surface area (Å²) in [5.74, 6) is -0.219. The number of pyridine rings is 2. The third-order valence-corrected chi connectivity index (χ3v) is 7.09. The SMILES string of the molecule is O=C(On1cc(-c2ccnc3ccc(N4CCC[C@@H]4c4cc(F)ccc4F)nc23)cn1)N1CCCCC1. The van der Waals surface area contributed by atoms with Gasteiger partial charge in [-0.2, -0.15) is 0 Å². The van der Waals surface area contributed by atoms with Crippen molar-refractivity contribution in [1.82, 2.24) is 24.8 Å². The molecule has 2 saturated heterocycles. The predicted octanol–water partition coefficient (Wildman–Crippen LogP) is 5.15. The number of piperidine rings is 1. The lowest BCUT2D eigenvalue weighted by Gasteiger charge is -2.26. The fraction of sp³-hybridized carbons (Fsp3) is 0.333. The first-order valence-corrected chi connectivity index (χ1v) is 12.6. The van der Waals surface area contributed by atoms with Crippen LogP contribution in [0.3, 0.4) is 0 Å². The number of amides is 1. The van der Waals surface area contributed by atoms with Gasteiger partial charge in [-0.1, -0.05) is 4.85 Å².